The first-order chi connectivity index (χ1) is 14.0. The minimum absolute atomic E-state index is 0.0636. The fraction of sp³-hybridized carbons (Fsp3) is 0.0870. The van der Waals surface area contributed by atoms with E-state index >= 15 is 0 Å². The van der Waals surface area contributed by atoms with Crippen LogP contribution in [-0.4, -0.2) is 15.7 Å². The molecule has 0 radical (unpaired) electrons. The molecule has 4 aromatic rings. The summed E-state index contributed by atoms with van der Waals surface area (Å²) in [5.74, 6) is -0.418. The third-order valence-electron chi connectivity index (χ3n) is 4.53. The van der Waals surface area contributed by atoms with Gasteiger partial charge in [-0.05, 0) is 36.2 Å². The van der Waals surface area contributed by atoms with E-state index in [9.17, 15) is 9.59 Å². The summed E-state index contributed by atoms with van der Waals surface area (Å²) in [4.78, 5) is 25.8. The van der Waals surface area contributed by atoms with Gasteiger partial charge in [-0.1, -0.05) is 66.2 Å². The van der Waals surface area contributed by atoms with Crippen LogP contribution in [0.4, 0.5) is 0 Å². The zero-order valence-electron chi connectivity index (χ0n) is 15.6. The summed E-state index contributed by atoms with van der Waals surface area (Å²) in [6.45, 7) is 2.12. The minimum atomic E-state index is -0.671. The summed E-state index contributed by atoms with van der Waals surface area (Å²) in [5.41, 5.74) is 1.60. The molecule has 0 aliphatic heterocycles. The fourth-order valence-electron chi connectivity index (χ4n) is 3.09. The van der Waals surface area contributed by atoms with Crippen LogP contribution in [0.1, 0.15) is 21.6 Å². The summed E-state index contributed by atoms with van der Waals surface area (Å²) < 4.78 is 6.80. The smallest absolute Gasteiger partial charge is 0.364 e. The molecule has 4 rings (SSSR count). The van der Waals surface area contributed by atoms with E-state index in [0.29, 0.717) is 15.8 Å². The number of nitrogens with zero attached hydrogens (tertiary/aromatic N) is 2. The molecule has 1 heterocycles. The molecule has 6 heteroatoms. The maximum absolute atomic E-state index is 12.9. The first kappa shape index (κ1) is 18.9. The zero-order chi connectivity index (χ0) is 20.4. The van der Waals surface area contributed by atoms with Crippen LogP contribution in [-0.2, 0) is 6.54 Å². The monoisotopic (exact) mass is 404 g/mol. The van der Waals surface area contributed by atoms with E-state index in [2.05, 4.69) is 5.10 Å². The summed E-state index contributed by atoms with van der Waals surface area (Å²) in [5, 5.41) is 5.50. The molecule has 0 atom stereocenters. The Hall–Kier alpha value is -3.44. The number of carbonyl (C=O) groups is 1. The Labute approximate surface area is 172 Å². The lowest BCUT2D eigenvalue weighted by Gasteiger charge is -2.12. The van der Waals surface area contributed by atoms with E-state index in [4.69, 9.17) is 16.3 Å². The second-order valence-corrected chi connectivity index (χ2v) is 7.07. The van der Waals surface area contributed by atoms with Gasteiger partial charge in [0.05, 0.1) is 17.0 Å². The number of benzene rings is 3. The quantitative estimate of drug-likeness (QED) is 0.367. The molecule has 0 N–H and O–H groups in total. The highest BCUT2D eigenvalue weighted by atomic mass is 35.5. The first-order valence-electron chi connectivity index (χ1n) is 9.05. The maximum atomic E-state index is 12.9. The molecule has 0 bridgehead atoms. The number of halogens is 1. The van der Waals surface area contributed by atoms with Gasteiger partial charge in [0.15, 0.2) is 5.69 Å². The van der Waals surface area contributed by atoms with Crippen LogP contribution >= 0.6 is 11.6 Å². The number of esters is 1. The van der Waals surface area contributed by atoms with Gasteiger partial charge in [0, 0.05) is 5.39 Å². The molecule has 144 valence electrons. The van der Waals surface area contributed by atoms with Gasteiger partial charge in [0.1, 0.15) is 5.75 Å². The Morgan fingerprint density at radius 3 is 2.45 bits per heavy atom. The Morgan fingerprint density at radius 2 is 1.69 bits per heavy atom. The van der Waals surface area contributed by atoms with E-state index in [1.54, 1.807) is 36.4 Å². The van der Waals surface area contributed by atoms with Crippen molar-refractivity contribution in [3.05, 3.63) is 105 Å². The number of fused-ring (bicyclic) bond motifs is 1. The van der Waals surface area contributed by atoms with Crippen LogP contribution in [0.15, 0.2) is 77.6 Å². The Morgan fingerprint density at radius 1 is 1.00 bits per heavy atom. The molecular formula is C23H17ClN2O3. The van der Waals surface area contributed by atoms with Crippen molar-refractivity contribution in [2.24, 2.45) is 0 Å². The predicted molar refractivity (Wildman–Crippen MR) is 113 cm³/mol. The van der Waals surface area contributed by atoms with Crippen molar-refractivity contribution in [2.45, 2.75) is 13.5 Å². The summed E-state index contributed by atoms with van der Waals surface area (Å²) >= 11 is 6.16. The number of aromatic nitrogens is 2. The maximum Gasteiger partial charge on any atom is 0.364 e. The number of aryl methyl sites for hydroxylation is 1. The summed E-state index contributed by atoms with van der Waals surface area (Å²) in [6.07, 6.45) is 0. The highest BCUT2D eigenvalue weighted by Crippen LogP contribution is 2.26. The molecule has 3 aromatic carbocycles. The molecule has 29 heavy (non-hydrogen) atoms. The van der Waals surface area contributed by atoms with Gasteiger partial charge >= 0.3 is 5.97 Å². The second-order valence-electron chi connectivity index (χ2n) is 6.67. The first-order valence-corrected chi connectivity index (χ1v) is 9.43. The molecule has 0 saturated heterocycles. The lowest BCUT2D eigenvalue weighted by molar-refractivity contribution is 0.0728. The molecule has 0 fully saturated rings. The normalized spacial score (nSPS) is 10.8. The fourth-order valence-corrected chi connectivity index (χ4v) is 3.24. The molecule has 0 aliphatic carbocycles. The van der Waals surface area contributed by atoms with Gasteiger partial charge in [0.25, 0.3) is 5.56 Å². The number of rotatable bonds is 4. The molecule has 0 unspecified atom stereocenters. The Balaban J connectivity index is 1.80. The minimum Gasteiger partial charge on any atom is -0.420 e. The zero-order valence-corrected chi connectivity index (χ0v) is 16.4. The van der Waals surface area contributed by atoms with E-state index in [-0.39, 0.29) is 23.5 Å². The van der Waals surface area contributed by atoms with Crippen LogP contribution in [0.5, 0.6) is 5.75 Å². The third-order valence-corrected chi connectivity index (χ3v) is 4.84. The number of hydrogen-bond acceptors (Lipinski definition) is 4. The third kappa shape index (κ3) is 3.91. The Bertz CT molecular complexity index is 1270. The average Bonchev–Trinajstić information content (AvgIpc) is 2.73. The Kier molecular flexibility index (Phi) is 5.14. The molecule has 0 amide bonds. The van der Waals surface area contributed by atoms with E-state index < -0.39 is 5.97 Å². The number of hydrogen-bond donors (Lipinski definition) is 0. The van der Waals surface area contributed by atoms with Crippen LogP contribution in [0.2, 0.25) is 5.02 Å². The molecule has 5 nitrogen and oxygen atoms in total. The summed E-state index contributed by atoms with van der Waals surface area (Å²) in [7, 11) is 0. The van der Waals surface area contributed by atoms with Crippen LogP contribution in [0.25, 0.3) is 10.8 Å². The predicted octanol–water partition coefficient (Wildman–Crippen LogP) is 4.63. The second kappa shape index (κ2) is 7.89. The standard InChI is InChI=1S/C23H17ClN2O3/c1-15-11-12-19(24)20(13-15)29-23(28)21-17-9-5-6-10-18(17)22(27)26(25-21)14-16-7-3-2-4-8-16/h2-13H,14H2,1H3. The molecule has 0 saturated carbocycles. The van der Waals surface area contributed by atoms with Crippen molar-refractivity contribution < 1.29 is 9.53 Å². The van der Waals surface area contributed by atoms with Gasteiger partial charge in [-0.25, -0.2) is 9.48 Å². The van der Waals surface area contributed by atoms with Crippen molar-refractivity contribution in [3.63, 3.8) is 0 Å². The topological polar surface area (TPSA) is 61.2 Å². The molecular weight excluding hydrogens is 388 g/mol. The van der Waals surface area contributed by atoms with E-state index in [1.807, 2.05) is 43.3 Å². The number of carbonyl (C=O) groups excluding carboxylic acids is 1. The van der Waals surface area contributed by atoms with E-state index in [0.717, 1.165) is 11.1 Å². The van der Waals surface area contributed by atoms with Crippen LogP contribution in [0.3, 0.4) is 0 Å². The van der Waals surface area contributed by atoms with Crippen molar-refractivity contribution in [1.82, 2.24) is 9.78 Å². The molecule has 1 aromatic heterocycles. The molecule has 0 spiro atoms. The SMILES string of the molecule is Cc1ccc(Cl)c(OC(=O)c2nn(Cc3ccccc3)c(=O)c3ccccc23)c1. The highest BCUT2D eigenvalue weighted by Gasteiger charge is 2.20. The number of ether oxygens (including phenoxy) is 1. The van der Waals surface area contributed by atoms with Gasteiger partial charge in [0.2, 0.25) is 0 Å². The van der Waals surface area contributed by atoms with Gasteiger partial charge in [-0.3, -0.25) is 4.79 Å². The van der Waals surface area contributed by atoms with Gasteiger partial charge < -0.3 is 4.74 Å². The van der Waals surface area contributed by atoms with E-state index in [1.165, 1.54) is 4.68 Å². The van der Waals surface area contributed by atoms with Crippen molar-refractivity contribution in [1.29, 1.82) is 0 Å². The van der Waals surface area contributed by atoms with Crippen molar-refractivity contribution in [2.75, 3.05) is 0 Å². The van der Waals surface area contributed by atoms with Crippen LogP contribution in [0, 0.1) is 6.92 Å². The lowest BCUT2D eigenvalue weighted by atomic mass is 10.1. The highest BCUT2D eigenvalue weighted by molar-refractivity contribution is 6.32. The van der Waals surface area contributed by atoms with Gasteiger partial charge in [-0.2, -0.15) is 5.10 Å². The lowest BCUT2D eigenvalue weighted by Crippen LogP contribution is -2.27. The largest absolute Gasteiger partial charge is 0.420 e. The molecule has 0 aliphatic rings. The van der Waals surface area contributed by atoms with Crippen molar-refractivity contribution >= 4 is 28.3 Å². The van der Waals surface area contributed by atoms with Crippen molar-refractivity contribution in [3.8, 4) is 5.75 Å². The summed E-state index contributed by atoms with van der Waals surface area (Å²) in [6, 6.07) is 21.5. The van der Waals surface area contributed by atoms with Gasteiger partial charge in [-0.15, -0.1) is 0 Å². The average molecular weight is 405 g/mol. The van der Waals surface area contributed by atoms with Crippen LogP contribution < -0.4 is 10.3 Å².